The molecule has 1 saturated heterocycles. The molecule has 1 aromatic heterocycles. The molecule has 1 aliphatic heterocycles. The van der Waals surface area contributed by atoms with E-state index in [0.29, 0.717) is 18.7 Å². The summed E-state index contributed by atoms with van der Waals surface area (Å²) in [6.07, 6.45) is 5.10. The monoisotopic (exact) mass is 221 g/mol. The number of pyridine rings is 1. The second-order valence-electron chi connectivity index (χ2n) is 4.17. The Morgan fingerprint density at radius 1 is 1.56 bits per heavy atom. The van der Waals surface area contributed by atoms with Crippen LogP contribution in [0.1, 0.15) is 18.0 Å². The van der Waals surface area contributed by atoms with Crippen LogP contribution in [0.4, 0.5) is 0 Å². The van der Waals surface area contributed by atoms with E-state index in [1.165, 1.54) is 5.56 Å². The molecule has 2 N–H and O–H groups in total. The van der Waals surface area contributed by atoms with Crippen molar-refractivity contribution in [2.45, 2.75) is 18.6 Å². The lowest BCUT2D eigenvalue weighted by atomic mass is 10.1. The van der Waals surface area contributed by atoms with Gasteiger partial charge in [0.1, 0.15) is 0 Å². The highest BCUT2D eigenvalue weighted by atomic mass is 16.5. The smallest absolute Gasteiger partial charge is 0.0710 e. The summed E-state index contributed by atoms with van der Waals surface area (Å²) in [6.45, 7) is 2.67. The Bertz CT molecular complexity index is 317. The lowest BCUT2D eigenvalue weighted by Gasteiger charge is -2.26. The molecule has 2 atom stereocenters. The Labute approximate surface area is 96.4 Å². The third-order valence-electron chi connectivity index (χ3n) is 3.26. The molecular formula is C12H19N3O. The second kappa shape index (κ2) is 5.39. The molecule has 88 valence electrons. The Morgan fingerprint density at radius 3 is 2.88 bits per heavy atom. The summed E-state index contributed by atoms with van der Waals surface area (Å²) in [5, 5.41) is 0. The van der Waals surface area contributed by atoms with Gasteiger partial charge in [0.2, 0.25) is 0 Å². The molecular weight excluding hydrogens is 202 g/mol. The number of hydrogen-bond donors (Lipinski definition) is 1. The molecule has 2 unspecified atom stereocenters. The number of nitrogens with two attached hydrogens (primary N) is 1. The van der Waals surface area contributed by atoms with Crippen molar-refractivity contribution in [1.29, 1.82) is 0 Å². The van der Waals surface area contributed by atoms with E-state index in [4.69, 9.17) is 10.5 Å². The van der Waals surface area contributed by atoms with Gasteiger partial charge in [0.15, 0.2) is 0 Å². The van der Waals surface area contributed by atoms with E-state index >= 15 is 0 Å². The molecule has 4 nitrogen and oxygen atoms in total. The molecule has 1 aliphatic rings. The van der Waals surface area contributed by atoms with Gasteiger partial charge in [0, 0.05) is 45.2 Å². The average Bonchev–Trinajstić information content (AvgIpc) is 2.80. The maximum absolute atomic E-state index is 5.87. The van der Waals surface area contributed by atoms with Gasteiger partial charge in [0.25, 0.3) is 0 Å². The molecule has 0 aromatic carbocycles. The number of methoxy groups -OCH3 is 1. The summed E-state index contributed by atoms with van der Waals surface area (Å²) in [5.41, 5.74) is 7.11. The lowest BCUT2D eigenvalue weighted by molar-refractivity contribution is 0.101. The fourth-order valence-electron chi connectivity index (χ4n) is 2.31. The first-order chi connectivity index (χ1) is 7.85. The fourth-order valence-corrected chi connectivity index (χ4v) is 2.31. The Morgan fingerprint density at radius 2 is 2.31 bits per heavy atom. The van der Waals surface area contributed by atoms with Gasteiger partial charge < -0.3 is 10.5 Å². The summed E-state index contributed by atoms with van der Waals surface area (Å²) in [4.78, 5) is 6.43. The molecule has 1 aromatic rings. The van der Waals surface area contributed by atoms with Crippen LogP contribution in [0.2, 0.25) is 0 Å². The summed E-state index contributed by atoms with van der Waals surface area (Å²) in [7, 11) is 1.78. The number of likely N-dealkylation sites (tertiary alicyclic amines) is 1. The molecule has 0 amide bonds. The third kappa shape index (κ3) is 2.40. The maximum atomic E-state index is 5.87. The number of ether oxygens (including phenoxy) is 1. The SMILES string of the molecule is COC1CCN(C(CN)c2ccncc2)C1. The average molecular weight is 221 g/mol. The maximum Gasteiger partial charge on any atom is 0.0710 e. The van der Waals surface area contributed by atoms with Crippen LogP contribution in [0.15, 0.2) is 24.5 Å². The predicted molar refractivity (Wildman–Crippen MR) is 63.0 cm³/mol. The molecule has 0 aliphatic carbocycles. The summed E-state index contributed by atoms with van der Waals surface area (Å²) in [5.74, 6) is 0. The van der Waals surface area contributed by atoms with E-state index in [1.54, 1.807) is 7.11 Å². The number of aromatic nitrogens is 1. The van der Waals surface area contributed by atoms with Crippen LogP contribution < -0.4 is 5.73 Å². The highest BCUT2D eigenvalue weighted by Crippen LogP contribution is 2.24. The van der Waals surface area contributed by atoms with Crippen molar-refractivity contribution >= 4 is 0 Å². The van der Waals surface area contributed by atoms with Crippen molar-refractivity contribution in [3.05, 3.63) is 30.1 Å². The van der Waals surface area contributed by atoms with Crippen LogP contribution in [-0.2, 0) is 4.74 Å². The second-order valence-corrected chi connectivity index (χ2v) is 4.17. The van der Waals surface area contributed by atoms with Gasteiger partial charge in [-0.2, -0.15) is 0 Å². The lowest BCUT2D eigenvalue weighted by Crippen LogP contribution is -2.32. The zero-order valence-corrected chi connectivity index (χ0v) is 9.67. The molecule has 2 rings (SSSR count). The first-order valence-corrected chi connectivity index (χ1v) is 5.72. The van der Waals surface area contributed by atoms with E-state index in [1.807, 2.05) is 24.5 Å². The first kappa shape index (κ1) is 11.5. The van der Waals surface area contributed by atoms with Gasteiger partial charge in [-0.25, -0.2) is 0 Å². The van der Waals surface area contributed by atoms with Gasteiger partial charge in [-0.15, -0.1) is 0 Å². The normalized spacial score (nSPS) is 23.5. The summed E-state index contributed by atoms with van der Waals surface area (Å²) < 4.78 is 5.38. The molecule has 0 saturated carbocycles. The van der Waals surface area contributed by atoms with Crippen molar-refractivity contribution in [3.8, 4) is 0 Å². The van der Waals surface area contributed by atoms with E-state index < -0.39 is 0 Å². The zero-order chi connectivity index (χ0) is 11.4. The molecule has 16 heavy (non-hydrogen) atoms. The minimum Gasteiger partial charge on any atom is -0.380 e. The third-order valence-corrected chi connectivity index (χ3v) is 3.26. The topological polar surface area (TPSA) is 51.4 Å². The highest BCUT2D eigenvalue weighted by molar-refractivity contribution is 5.16. The molecule has 1 fully saturated rings. The predicted octanol–water partition coefficient (Wildman–Crippen LogP) is 0.802. The number of hydrogen-bond acceptors (Lipinski definition) is 4. The van der Waals surface area contributed by atoms with Crippen molar-refractivity contribution in [3.63, 3.8) is 0 Å². The van der Waals surface area contributed by atoms with Crippen LogP contribution in [-0.4, -0.2) is 42.7 Å². The molecule has 0 radical (unpaired) electrons. The van der Waals surface area contributed by atoms with E-state index in [-0.39, 0.29) is 0 Å². The van der Waals surface area contributed by atoms with Crippen LogP contribution >= 0.6 is 0 Å². The fraction of sp³-hybridized carbons (Fsp3) is 0.583. The van der Waals surface area contributed by atoms with Crippen LogP contribution in [0.5, 0.6) is 0 Å². The standard InChI is InChI=1S/C12H19N3O/c1-16-11-4-7-15(9-11)12(8-13)10-2-5-14-6-3-10/h2-3,5-6,11-12H,4,7-9,13H2,1H3. The van der Waals surface area contributed by atoms with Crippen molar-refractivity contribution in [1.82, 2.24) is 9.88 Å². The number of rotatable bonds is 4. The summed E-state index contributed by atoms with van der Waals surface area (Å²) >= 11 is 0. The summed E-state index contributed by atoms with van der Waals surface area (Å²) in [6, 6.07) is 4.37. The van der Waals surface area contributed by atoms with Crippen molar-refractivity contribution in [2.75, 3.05) is 26.7 Å². The zero-order valence-electron chi connectivity index (χ0n) is 9.67. The van der Waals surface area contributed by atoms with Gasteiger partial charge >= 0.3 is 0 Å². The minimum absolute atomic E-state index is 0.295. The number of nitrogens with zero attached hydrogens (tertiary/aromatic N) is 2. The van der Waals surface area contributed by atoms with Crippen molar-refractivity contribution in [2.24, 2.45) is 5.73 Å². The minimum atomic E-state index is 0.295. The van der Waals surface area contributed by atoms with Gasteiger partial charge in [-0.05, 0) is 24.1 Å². The van der Waals surface area contributed by atoms with Gasteiger partial charge in [-0.1, -0.05) is 0 Å². The highest BCUT2D eigenvalue weighted by Gasteiger charge is 2.28. The van der Waals surface area contributed by atoms with E-state index in [0.717, 1.165) is 19.5 Å². The molecule has 2 heterocycles. The Kier molecular flexibility index (Phi) is 3.88. The van der Waals surface area contributed by atoms with Crippen LogP contribution in [0.25, 0.3) is 0 Å². The van der Waals surface area contributed by atoms with E-state index in [9.17, 15) is 0 Å². The van der Waals surface area contributed by atoms with E-state index in [2.05, 4.69) is 9.88 Å². The van der Waals surface area contributed by atoms with Gasteiger partial charge in [-0.3, -0.25) is 9.88 Å². The van der Waals surface area contributed by atoms with Gasteiger partial charge in [0.05, 0.1) is 6.10 Å². The first-order valence-electron chi connectivity index (χ1n) is 5.72. The Balaban J connectivity index is 2.06. The Hall–Kier alpha value is -0.970. The largest absolute Gasteiger partial charge is 0.380 e. The van der Waals surface area contributed by atoms with Crippen molar-refractivity contribution < 1.29 is 4.74 Å². The van der Waals surface area contributed by atoms with Crippen LogP contribution in [0.3, 0.4) is 0 Å². The molecule has 0 bridgehead atoms. The van der Waals surface area contributed by atoms with Crippen LogP contribution in [0, 0.1) is 0 Å². The quantitative estimate of drug-likeness (QED) is 0.817. The molecule has 4 heteroatoms. The molecule has 0 spiro atoms.